The molecule has 2 heterocycles. The lowest BCUT2D eigenvalue weighted by atomic mass is 9.99. The number of carbonyl (C=O) groups excluding carboxylic acids is 1. The van der Waals surface area contributed by atoms with Crippen LogP contribution in [0.2, 0.25) is 0 Å². The highest BCUT2D eigenvalue weighted by Crippen LogP contribution is 2.22. The number of nitrogens with zero attached hydrogens (tertiary/aromatic N) is 1. The molecule has 1 aliphatic heterocycles. The molecule has 1 saturated heterocycles. The summed E-state index contributed by atoms with van der Waals surface area (Å²) in [5, 5.41) is 6.21. The quantitative estimate of drug-likeness (QED) is 0.810. The predicted molar refractivity (Wildman–Crippen MR) is 83.5 cm³/mol. The van der Waals surface area contributed by atoms with Crippen LogP contribution in [0.1, 0.15) is 43.5 Å². The van der Waals surface area contributed by atoms with Crippen LogP contribution in [-0.2, 0) is 4.74 Å². The highest BCUT2D eigenvalue weighted by atomic mass is 16.5. The maximum atomic E-state index is 12.2. The number of amides is 1. The van der Waals surface area contributed by atoms with E-state index in [9.17, 15) is 4.79 Å². The summed E-state index contributed by atoms with van der Waals surface area (Å²) in [5.41, 5.74) is 0.649. The minimum absolute atomic E-state index is 0.0429. The Bertz CT molecular complexity index is 465. The summed E-state index contributed by atoms with van der Waals surface area (Å²) in [7, 11) is 0. The van der Waals surface area contributed by atoms with Crippen molar-refractivity contribution in [2.75, 3.05) is 25.0 Å². The van der Waals surface area contributed by atoms with Crippen molar-refractivity contribution in [1.29, 1.82) is 0 Å². The smallest absolute Gasteiger partial charge is 0.251 e. The number of hydrogen-bond donors (Lipinski definition) is 2. The van der Waals surface area contributed by atoms with E-state index in [0.717, 1.165) is 38.2 Å². The maximum absolute atomic E-state index is 12.2. The molecule has 2 N–H and O–H groups in total. The van der Waals surface area contributed by atoms with E-state index < -0.39 is 0 Å². The standard InChI is InChI=1S/C16H25N3O2/c1-3-7-17-15-10-12(5-8-18-15)16(20)19-11-13-6-9-21-14(13)4-2/h5,8,10,13-14H,3-4,6-7,9,11H2,1-2H3,(H,17,18)(H,19,20). The van der Waals surface area contributed by atoms with Gasteiger partial charge in [0.05, 0.1) is 6.10 Å². The molecule has 2 atom stereocenters. The van der Waals surface area contributed by atoms with Gasteiger partial charge in [-0.05, 0) is 31.4 Å². The van der Waals surface area contributed by atoms with E-state index in [-0.39, 0.29) is 12.0 Å². The van der Waals surface area contributed by atoms with E-state index in [1.807, 2.05) is 0 Å². The average molecular weight is 291 g/mol. The van der Waals surface area contributed by atoms with Gasteiger partial charge in [0.2, 0.25) is 0 Å². The Kier molecular flexibility index (Phi) is 5.99. The van der Waals surface area contributed by atoms with Gasteiger partial charge in [0.15, 0.2) is 0 Å². The van der Waals surface area contributed by atoms with Crippen LogP contribution < -0.4 is 10.6 Å². The van der Waals surface area contributed by atoms with Crippen LogP contribution in [0.4, 0.5) is 5.82 Å². The van der Waals surface area contributed by atoms with E-state index >= 15 is 0 Å². The molecule has 5 nitrogen and oxygen atoms in total. The van der Waals surface area contributed by atoms with Gasteiger partial charge in [-0.3, -0.25) is 4.79 Å². The number of ether oxygens (including phenoxy) is 1. The second kappa shape index (κ2) is 7.98. The van der Waals surface area contributed by atoms with Gasteiger partial charge in [0.25, 0.3) is 5.91 Å². The topological polar surface area (TPSA) is 63.2 Å². The fourth-order valence-corrected chi connectivity index (χ4v) is 2.62. The Morgan fingerprint density at radius 1 is 1.48 bits per heavy atom. The van der Waals surface area contributed by atoms with Crippen molar-refractivity contribution in [3.8, 4) is 0 Å². The zero-order valence-electron chi connectivity index (χ0n) is 12.9. The van der Waals surface area contributed by atoms with E-state index in [0.29, 0.717) is 18.0 Å². The van der Waals surface area contributed by atoms with Gasteiger partial charge in [-0.1, -0.05) is 13.8 Å². The molecule has 5 heteroatoms. The molecule has 116 valence electrons. The number of nitrogens with one attached hydrogen (secondary N) is 2. The van der Waals surface area contributed by atoms with Crippen LogP contribution >= 0.6 is 0 Å². The summed E-state index contributed by atoms with van der Waals surface area (Å²) in [6.07, 6.45) is 5.00. The van der Waals surface area contributed by atoms with Crippen molar-refractivity contribution in [3.63, 3.8) is 0 Å². The Labute approximate surface area is 126 Å². The molecule has 1 aromatic rings. The lowest BCUT2D eigenvalue weighted by Gasteiger charge is -2.17. The van der Waals surface area contributed by atoms with Gasteiger partial charge in [-0.25, -0.2) is 4.98 Å². The molecule has 21 heavy (non-hydrogen) atoms. The van der Waals surface area contributed by atoms with Gasteiger partial charge in [0.1, 0.15) is 5.82 Å². The second-order valence-corrected chi connectivity index (χ2v) is 5.43. The first-order valence-electron chi connectivity index (χ1n) is 7.84. The number of aromatic nitrogens is 1. The van der Waals surface area contributed by atoms with Crippen LogP contribution in [0.5, 0.6) is 0 Å². The highest BCUT2D eigenvalue weighted by molar-refractivity contribution is 5.94. The van der Waals surface area contributed by atoms with Crippen molar-refractivity contribution in [2.24, 2.45) is 5.92 Å². The molecule has 1 aromatic heterocycles. The van der Waals surface area contributed by atoms with Crippen molar-refractivity contribution in [1.82, 2.24) is 10.3 Å². The van der Waals surface area contributed by atoms with Gasteiger partial charge >= 0.3 is 0 Å². The van der Waals surface area contributed by atoms with Crippen LogP contribution in [0.15, 0.2) is 18.3 Å². The number of carbonyl (C=O) groups is 1. The van der Waals surface area contributed by atoms with Crippen LogP contribution in [0.3, 0.4) is 0 Å². The summed E-state index contributed by atoms with van der Waals surface area (Å²) in [4.78, 5) is 16.4. The van der Waals surface area contributed by atoms with Crippen molar-refractivity contribution in [3.05, 3.63) is 23.9 Å². The summed E-state index contributed by atoms with van der Waals surface area (Å²) in [6, 6.07) is 3.54. The summed E-state index contributed by atoms with van der Waals surface area (Å²) in [5.74, 6) is 1.14. The predicted octanol–water partition coefficient (Wildman–Crippen LogP) is 2.45. The van der Waals surface area contributed by atoms with Crippen molar-refractivity contribution < 1.29 is 9.53 Å². The Morgan fingerprint density at radius 3 is 3.10 bits per heavy atom. The van der Waals surface area contributed by atoms with Crippen molar-refractivity contribution in [2.45, 2.75) is 39.2 Å². The molecular weight excluding hydrogens is 266 g/mol. The zero-order valence-corrected chi connectivity index (χ0v) is 12.9. The van der Waals surface area contributed by atoms with E-state index in [1.165, 1.54) is 0 Å². The minimum Gasteiger partial charge on any atom is -0.378 e. The number of anilines is 1. The normalized spacial score (nSPS) is 21.2. The molecule has 0 saturated carbocycles. The summed E-state index contributed by atoms with van der Waals surface area (Å²) < 4.78 is 5.64. The Balaban J connectivity index is 1.88. The van der Waals surface area contributed by atoms with E-state index in [2.05, 4.69) is 29.5 Å². The first-order valence-corrected chi connectivity index (χ1v) is 7.84. The zero-order chi connectivity index (χ0) is 15.1. The molecule has 1 aliphatic rings. The average Bonchev–Trinajstić information content (AvgIpc) is 2.98. The minimum atomic E-state index is -0.0429. The fraction of sp³-hybridized carbons (Fsp3) is 0.625. The van der Waals surface area contributed by atoms with Crippen LogP contribution in [0, 0.1) is 5.92 Å². The third-order valence-corrected chi connectivity index (χ3v) is 3.85. The lowest BCUT2D eigenvalue weighted by molar-refractivity contribution is 0.0827. The van der Waals surface area contributed by atoms with Gasteiger partial charge in [0, 0.05) is 37.4 Å². The van der Waals surface area contributed by atoms with Gasteiger partial charge in [-0.2, -0.15) is 0 Å². The maximum Gasteiger partial charge on any atom is 0.251 e. The molecule has 0 radical (unpaired) electrons. The monoisotopic (exact) mass is 291 g/mol. The summed E-state index contributed by atoms with van der Waals surface area (Å²) in [6.45, 7) is 6.56. The molecule has 2 unspecified atom stereocenters. The molecule has 0 spiro atoms. The molecule has 1 fully saturated rings. The molecular formula is C16H25N3O2. The van der Waals surface area contributed by atoms with Gasteiger partial charge < -0.3 is 15.4 Å². The Hall–Kier alpha value is -1.62. The third kappa shape index (κ3) is 4.43. The molecule has 0 bridgehead atoms. The van der Waals surface area contributed by atoms with E-state index in [4.69, 9.17) is 4.74 Å². The van der Waals surface area contributed by atoms with Crippen LogP contribution in [-0.4, -0.2) is 36.7 Å². The first kappa shape index (κ1) is 15.8. The highest BCUT2D eigenvalue weighted by Gasteiger charge is 2.26. The van der Waals surface area contributed by atoms with Crippen molar-refractivity contribution >= 4 is 11.7 Å². The molecule has 0 aliphatic carbocycles. The third-order valence-electron chi connectivity index (χ3n) is 3.85. The SMILES string of the molecule is CCCNc1cc(C(=O)NCC2CCOC2CC)ccn1. The molecule has 0 aromatic carbocycles. The Morgan fingerprint density at radius 2 is 2.33 bits per heavy atom. The second-order valence-electron chi connectivity index (χ2n) is 5.43. The largest absolute Gasteiger partial charge is 0.378 e. The first-order chi connectivity index (χ1) is 10.2. The molecule has 2 rings (SSSR count). The number of hydrogen-bond acceptors (Lipinski definition) is 4. The molecule has 1 amide bonds. The number of rotatable bonds is 7. The summed E-state index contributed by atoms with van der Waals surface area (Å²) >= 11 is 0. The fourth-order valence-electron chi connectivity index (χ4n) is 2.62. The number of pyridine rings is 1. The van der Waals surface area contributed by atoms with Crippen LogP contribution in [0.25, 0.3) is 0 Å². The van der Waals surface area contributed by atoms with E-state index in [1.54, 1.807) is 18.3 Å². The van der Waals surface area contributed by atoms with Gasteiger partial charge in [-0.15, -0.1) is 0 Å². The lowest BCUT2D eigenvalue weighted by Crippen LogP contribution is -2.32.